The fourth-order valence-corrected chi connectivity index (χ4v) is 2.25. The van der Waals surface area contributed by atoms with Crippen molar-refractivity contribution in [2.24, 2.45) is 5.92 Å². The number of fused-ring (bicyclic) bond motifs is 1. The number of anilines is 1. The minimum atomic E-state index is -0.927. The molecule has 3 rings (SSSR count). The lowest BCUT2D eigenvalue weighted by Crippen LogP contribution is -2.27. The molecule has 6 nitrogen and oxygen atoms in total. The quantitative estimate of drug-likeness (QED) is 0.848. The number of carboxylic acids is 1. The Hall–Kier alpha value is -2.37. The highest BCUT2D eigenvalue weighted by Gasteiger charge is 2.35. The Morgan fingerprint density at radius 2 is 2.28 bits per heavy atom. The Morgan fingerprint density at radius 1 is 1.44 bits per heavy atom. The van der Waals surface area contributed by atoms with Gasteiger partial charge in [0.15, 0.2) is 0 Å². The lowest BCUT2D eigenvalue weighted by molar-refractivity contribution is -0.141. The average molecular weight is 245 g/mol. The molecule has 18 heavy (non-hydrogen) atoms. The van der Waals surface area contributed by atoms with Gasteiger partial charge in [0.2, 0.25) is 5.91 Å². The van der Waals surface area contributed by atoms with Crippen LogP contribution < -0.4 is 4.90 Å². The van der Waals surface area contributed by atoms with Gasteiger partial charge in [0.1, 0.15) is 11.5 Å². The first-order valence-corrected chi connectivity index (χ1v) is 5.62. The van der Waals surface area contributed by atoms with Crippen molar-refractivity contribution in [2.45, 2.75) is 6.42 Å². The number of carboxylic acid groups (broad SMARTS) is 1. The number of imidazole rings is 1. The topological polar surface area (TPSA) is 74.9 Å². The third-order valence-corrected chi connectivity index (χ3v) is 3.16. The molecule has 3 heterocycles. The summed E-state index contributed by atoms with van der Waals surface area (Å²) in [5, 5.41) is 8.97. The third kappa shape index (κ3) is 1.54. The molecule has 92 valence electrons. The summed E-state index contributed by atoms with van der Waals surface area (Å²) >= 11 is 0. The van der Waals surface area contributed by atoms with Gasteiger partial charge in [0.05, 0.1) is 5.92 Å². The molecule has 0 radical (unpaired) electrons. The molecule has 0 spiro atoms. The molecule has 2 aromatic rings. The second-order valence-electron chi connectivity index (χ2n) is 4.28. The van der Waals surface area contributed by atoms with Crippen molar-refractivity contribution in [1.82, 2.24) is 9.38 Å². The van der Waals surface area contributed by atoms with E-state index in [2.05, 4.69) is 4.98 Å². The molecule has 0 aliphatic carbocycles. The average Bonchev–Trinajstić information content (AvgIpc) is 2.94. The number of pyridine rings is 1. The number of rotatable bonds is 2. The normalized spacial score (nSPS) is 19.7. The van der Waals surface area contributed by atoms with E-state index in [4.69, 9.17) is 5.11 Å². The van der Waals surface area contributed by atoms with Crippen LogP contribution in [-0.4, -0.2) is 32.9 Å². The molecule has 1 N–H and O–H groups in total. The van der Waals surface area contributed by atoms with Crippen LogP contribution in [-0.2, 0) is 9.59 Å². The van der Waals surface area contributed by atoms with Crippen molar-refractivity contribution in [1.29, 1.82) is 0 Å². The van der Waals surface area contributed by atoms with E-state index in [9.17, 15) is 9.59 Å². The first-order valence-electron chi connectivity index (χ1n) is 5.62. The number of aliphatic carboxylic acids is 1. The second-order valence-corrected chi connectivity index (χ2v) is 4.28. The van der Waals surface area contributed by atoms with Crippen LogP contribution in [0.5, 0.6) is 0 Å². The summed E-state index contributed by atoms with van der Waals surface area (Å²) in [5.74, 6) is -1.05. The van der Waals surface area contributed by atoms with Gasteiger partial charge in [-0.2, -0.15) is 0 Å². The van der Waals surface area contributed by atoms with Crippen molar-refractivity contribution < 1.29 is 14.7 Å². The molecule has 1 saturated heterocycles. The molecule has 0 saturated carbocycles. The number of hydrogen-bond acceptors (Lipinski definition) is 3. The molecular formula is C12H11N3O3. The highest BCUT2D eigenvalue weighted by atomic mass is 16.4. The van der Waals surface area contributed by atoms with E-state index in [1.54, 1.807) is 28.9 Å². The van der Waals surface area contributed by atoms with Gasteiger partial charge in [0, 0.05) is 25.4 Å². The lowest BCUT2D eigenvalue weighted by atomic mass is 10.1. The van der Waals surface area contributed by atoms with Crippen molar-refractivity contribution in [3.8, 4) is 0 Å². The molecule has 1 unspecified atom stereocenters. The number of carbonyl (C=O) groups excluding carboxylic acids is 1. The summed E-state index contributed by atoms with van der Waals surface area (Å²) < 4.78 is 1.78. The number of nitrogens with zero attached hydrogens (tertiary/aromatic N) is 3. The Kier molecular flexibility index (Phi) is 2.29. The monoisotopic (exact) mass is 245 g/mol. The fraction of sp³-hybridized carbons (Fsp3) is 0.250. The first-order chi connectivity index (χ1) is 8.66. The van der Waals surface area contributed by atoms with E-state index < -0.39 is 11.9 Å². The molecule has 0 bridgehead atoms. The van der Waals surface area contributed by atoms with Crippen LogP contribution in [0.1, 0.15) is 6.42 Å². The maximum Gasteiger partial charge on any atom is 0.308 e. The Bertz CT molecular complexity index is 634. The predicted molar refractivity (Wildman–Crippen MR) is 63.3 cm³/mol. The van der Waals surface area contributed by atoms with Crippen molar-refractivity contribution in [3.05, 3.63) is 30.6 Å². The van der Waals surface area contributed by atoms with Gasteiger partial charge in [0.25, 0.3) is 0 Å². The molecule has 2 aromatic heterocycles. The number of amides is 1. The van der Waals surface area contributed by atoms with Crippen LogP contribution in [0.15, 0.2) is 30.6 Å². The predicted octanol–water partition coefficient (Wildman–Crippen LogP) is 0.772. The molecule has 1 fully saturated rings. The highest BCUT2D eigenvalue weighted by Crippen LogP contribution is 2.25. The minimum Gasteiger partial charge on any atom is -0.481 e. The van der Waals surface area contributed by atoms with Gasteiger partial charge in [-0.1, -0.05) is 6.07 Å². The largest absolute Gasteiger partial charge is 0.481 e. The summed E-state index contributed by atoms with van der Waals surface area (Å²) in [4.78, 5) is 28.5. The Morgan fingerprint density at radius 3 is 3.00 bits per heavy atom. The molecular weight excluding hydrogens is 234 g/mol. The number of hydrogen-bond donors (Lipinski definition) is 1. The summed E-state index contributed by atoms with van der Waals surface area (Å²) in [5.41, 5.74) is 0.735. The number of aromatic nitrogens is 2. The third-order valence-electron chi connectivity index (χ3n) is 3.16. The van der Waals surface area contributed by atoms with Crippen LogP contribution >= 0.6 is 0 Å². The summed E-state index contributed by atoms with van der Waals surface area (Å²) in [7, 11) is 0. The van der Waals surface area contributed by atoms with Gasteiger partial charge in [-0.3, -0.25) is 18.9 Å². The van der Waals surface area contributed by atoms with E-state index in [1.807, 2.05) is 6.07 Å². The van der Waals surface area contributed by atoms with E-state index in [1.165, 1.54) is 4.90 Å². The first kappa shape index (κ1) is 10.8. The van der Waals surface area contributed by atoms with Crippen molar-refractivity contribution in [3.63, 3.8) is 0 Å². The molecule has 0 aromatic carbocycles. The zero-order valence-corrected chi connectivity index (χ0v) is 9.48. The zero-order chi connectivity index (χ0) is 12.7. The standard InChI is InChI=1S/C12H11N3O3/c16-11-6-8(12(17)18)7-15(11)10-3-1-2-9-13-4-5-14(9)10/h1-5,8H,6-7H2,(H,17,18). The zero-order valence-electron chi connectivity index (χ0n) is 9.48. The molecule has 1 amide bonds. The molecule has 1 atom stereocenters. The smallest absolute Gasteiger partial charge is 0.308 e. The SMILES string of the molecule is O=C(O)C1CC(=O)N(c2cccc3nccn23)C1. The summed E-state index contributed by atoms with van der Waals surface area (Å²) in [6, 6.07) is 5.43. The van der Waals surface area contributed by atoms with Crippen LogP contribution in [0.25, 0.3) is 5.65 Å². The number of carbonyl (C=O) groups is 2. The van der Waals surface area contributed by atoms with E-state index in [0.29, 0.717) is 5.82 Å². The molecule has 6 heteroatoms. The molecule has 1 aliphatic heterocycles. The van der Waals surface area contributed by atoms with Crippen LogP contribution in [0.2, 0.25) is 0 Å². The van der Waals surface area contributed by atoms with Crippen LogP contribution in [0, 0.1) is 5.92 Å². The maximum atomic E-state index is 11.9. The van der Waals surface area contributed by atoms with Crippen LogP contribution in [0.3, 0.4) is 0 Å². The van der Waals surface area contributed by atoms with Gasteiger partial charge < -0.3 is 5.11 Å². The fourth-order valence-electron chi connectivity index (χ4n) is 2.25. The van der Waals surface area contributed by atoms with Crippen molar-refractivity contribution in [2.75, 3.05) is 11.4 Å². The van der Waals surface area contributed by atoms with Crippen LogP contribution in [0.4, 0.5) is 5.82 Å². The van der Waals surface area contributed by atoms with Crippen molar-refractivity contribution >= 4 is 23.3 Å². The van der Waals surface area contributed by atoms with Gasteiger partial charge in [-0.15, -0.1) is 0 Å². The summed E-state index contributed by atoms with van der Waals surface area (Å²) in [6.07, 6.45) is 3.46. The lowest BCUT2D eigenvalue weighted by Gasteiger charge is -2.17. The molecule has 1 aliphatic rings. The second kappa shape index (κ2) is 3.83. The summed E-state index contributed by atoms with van der Waals surface area (Å²) in [6.45, 7) is 0.214. The van der Waals surface area contributed by atoms with Gasteiger partial charge in [-0.05, 0) is 12.1 Å². The van der Waals surface area contributed by atoms with E-state index in [0.717, 1.165) is 5.65 Å². The van der Waals surface area contributed by atoms with Gasteiger partial charge in [-0.25, -0.2) is 4.98 Å². The maximum absolute atomic E-state index is 11.9. The van der Waals surface area contributed by atoms with E-state index in [-0.39, 0.29) is 18.9 Å². The Balaban J connectivity index is 2.03. The highest BCUT2D eigenvalue weighted by molar-refractivity contribution is 5.98. The van der Waals surface area contributed by atoms with Gasteiger partial charge >= 0.3 is 5.97 Å². The van der Waals surface area contributed by atoms with E-state index >= 15 is 0 Å². The Labute approximate surface area is 102 Å². The minimum absolute atomic E-state index is 0.0560.